The number of thioether (sulfide) groups is 1. The maximum atomic E-state index is 14.0. The summed E-state index contributed by atoms with van der Waals surface area (Å²) in [6.45, 7) is 5.74. The van der Waals surface area contributed by atoms with Gasteiger partial charge in [-0.15, -0.1) is 11.8 Å². The summed E-state index contributed by atoms with van der Waals surface area (Å²) in [6.07, 6.45) is 2.17. The summed E-state index contributed by atoms with van der Waals surface area (Å²) < 4.78 is 9.84. The zero-order chi connectivity index (χ0) is 24.6. The minimum absolute atomic E-state index is 0.0105. The van der Waals surface area contributed by atoms with Crippen molar-refractivity contribution >= 4 is 35.2 Å². The maximum absolute atomic E-state index is 14.0. The number of aliphatic hydroxyl groups is 1. The summed E-state index contributed by atoms with van der Waals surface area (Å²) in [5.74, 6) is -1.40. The van der Waals surface area contributed by atoms with Crippen LogP contribution in [0.25, 0.3) is 0 Å². The van der Waals surface area contributed by atoms with Gasteiger partial charge in [-0.25, -0.2) is 0 Å². The zero-order valence-corrected chi connectivity index (χ0v) is 21.0. The fourth-order valence-corrected chi connectivity index (χ4v) is 8.15. The Labute approximate surface area is 204 Å². The molecule has 2 bridgehead atoms. The lowest BCUT2D eigenvalue weighted by atomic mass is 9.71. The molecule has 4 rings (SSSR count). The number of esters is 1. The minimum Gasteiger partial charge on any atom is -0.497 e. The molecular weight excluding hydrogens is 456 g/mol. The average Bonchev–Trinajstić information content (AvgIpc) is 3.48. The van der Waals surface area contributed by atoms with E-state index in [2.05, 4.69) is 5.32 Å². The monoisotopic (exact) mass is 490 g/mol. The van der Waals surface area contributed by atoms with E-state index in [0.717, 1.165) is 12.8 Å². The number of anilines is 1. The number of amides is 2. The Morgan fingerprint density at radius 3 is 2.59 bits per heavy atom. The molecule has 3 heterocycles. The lowest BCUT2D eigenvalue weighted by molar-refractivity contribution is -0.154. The van der Waals surface area contributed by atoms with Gasteiger partial charge in [0.1, 0.15) is 11.8 Å². The van der Waals surface area contributed by atoms with Gasteiger partial charge in [0.25, 0.3) is 0 Å². The number of aliphatic hydroxyl groups excluding tert-OH is 1. The molecule has 9 heteroatoms. The highest BCUT2D eigenvalue weighted by atomic mass is 32.2. The molecule has 8 nitrogen and oxygen atoms in total. The van der Waals surface area contributed by atoms with Crippen LogP contribution >= 0.6 is 11.8 Å². The lowest BCUT2D eigenvalue weighted by Crippen LogP contribution is -2.56. The molecule has 0 aromatic heterocycles. The number of fused-ring (bicyclic) bond motifs is 1. The van der Waals surface area contributed by atoms with Crippen LogP contribution in [-0.2, 0) is 19.1 Å². The highest BCUT2D eigenvalue weighted by Gasteiger charge is 2.74. The molecule has 1 aromatic rings. The van der Waals surface area contributed by atoms with E-state index < -0.39 is 28.7 Å². The molecule has 34 heavy (non-hydrogen) atoms. The summed E-state index contributed by atoms with van der Waals surface area (Å²) in [5, 5.41) is 13.2. The Morgan fingerprint density at radius 1 is 1.29 bits per heavy atom. The van der Waals surface area contributed by atoms with Gasteiger partial charge in [0.15, 0.2) is 0 Å². The van der Waals surface area contributed by atoms with Gasteiger partial charge >= 0.3 is 5.97 Å². The predicted molar refractivity (Wildman–Crippen MR) is 130 cm³/mol. The first kappa shape index (κ1) is 24.9. The molecule has 186 valence electrons. The Kier molecular flexibility index (Phi) is 7.14. The number of ether oxygens (including phenoxy) is 2. The molecule has 3 aliphatic heterocycles. The van der Waals surface area contributed by atoms with Gasteiger partial charge in [-0.1, -0.05) is 20.3 Å². The number of carbonyl (C=O) groups excluding carboxylic acids is 3. The molecule has 3 saturated heterocycles. The van der Waals surface area contributed by atoms with Crippen molar-refractivity contribution in [1.29, 1.82) is 0 Å². The normalized spacial score (nSPS) is 31.2. The van der Waals surface area contributed by atoms with E-state index in [9.17, 15) is 19.5 Å². The maximum Gasteiger partial charge on any atom is 0.310 e. The number of benzene rings is 1. The predicted octanol–water partition coefficient (Wildman–Crippen LogP) is 2.70. The van der Waals surface area contributed by atoms with Crippen molar-refractivity contribution in [3.63, 3.8) is 0 Å². The summed E-state index contributed by atoms with van der Waals surface area (Å²) in [5.41, 5.74) is 0.599. The number of methoxy groups -OCH3 is 1. The number of carbonyl (C=O) groups is 3. The molecule has 2 unspecified atom stereocenters. The molecule has 2 N–H and O–H groups in total. The Morgan fingerprint density at radius 2 is 2.00 bits per heavy atom. The van der Waals surface area contributed by atoms with Crippen molar-refractivity contribution in [3.05, 3.63) is 24.3 Å². The van der Waals surface area contributed by atoms with Gasteiger partial charge < -0.3 is 24.8 Å². The zero-order valence-electron chi connectivity index (χ0n) is 20.2. The van der Waals surface area contributed by atoms with Crippen LogP contribution in [0.5, 0.6) is 5.75 Å². The Bertz CT molecular complexity index is 940. The van der Waals surface area contributed by atoms with Crippen LogP contribution in [0.1, 0.15) is 40.0 Å². The Balaban J connectivity index is 1.73. The quantitative estimate of drug-likeness (QED) is 0.513. The van der Waals surface area contributed by atoms with Crippen LogP contribution in [0.3, 0.4) is 0 Å². The molecular formula is C25H34N2O6S. The lowest BCUT2D eigenvalue weighted by Gasteiger charge is -2.39. The molecule has 7 atom stereocenters. The van der Waals surface area contributed by atoms with Gasteiger partial charge in [0.05, 0.1) is 42.9 Å². The summed E-state index contributed by atoms with van der Waals surface area (Å²) in [7, 11) is 1.58. The number of nitrogens with zero attached hydrogens (tertiary/aromatic N) is 1. The van der Waals surface area contributed by atoms with Crippen LogP contribution in [0.15, 0.2) is 24.3 Å². The van der Waals surface area contributed by atoms with E-state index in [1.165, 1.54) is 0 Å². The van der Waals surface area contributed by atoms with Crippen LogP contribution in [-0.4, -0.2) is 70.2 Å². The van der Waals surface area contributed by atoms with Crippen LogP contribution in [0.4, 0.5) is 5.69 Å². The third-order valence-electron chi connectivity index (χ3n) is 7.75. The molecule has 0 aliphatic carbocycles. The third kappa shape index (κ3) is 3.86. The van der Waals surface area contributed by atoms with Gasteiger partial charge in [-0.3, -0.25) is 14.4 Å². The first-order valence-corrected chi connectivity index (χ1v) is 12.9. The van der Waals surface area contributed by atoms with Crippen LogP contribution in [0, 0.1) is 17.8 Å². The van der Waals surface area contributed by atoms with Crippen molar-refractivity contribution in [2.45, 2.75) is 62.1 Å². The largest absolute Gasteiger partial charge is 0.497 e. The van der Waals surface area contributed by atoms with Crippen molar-refractivity contribution in [1.82, 2.24) is 4.90 Å². The number of hydrogen-bond acceptors (Lipinski definition) is 7. The average molecular weight is 491 g/mol. The Hall–Kier alpha value is -2.26. The van der Waals surface area contributed by atoms with E-state index in [1.807, 2.05) is 13.8 Å². The van der Waals surface area contributed by atoms with Crippen LogP contribution < -0.4 is 10.1 Å². The first-order chi connectivity index (χ1) is 16.3. The van der Waals surface area contributed by atoms with Crippen LogP contribution in [0.2, 0.25) is 0 Å². The van der Waals surface area contributed by atoms with E-state index in [-0.39, 0.29) is 42.2 Å². The fraction of sp³-hybridized carbons (Fsp3) is 0.640. The second-order valence-corrected chi connectivity index (χ2v) is 11.0. The van der Waals surface area contributed by atoms with E-state index >= 15 is 0 Å². The molecule has 3 fully saturated rings. The SMILES string of the molecule is CCOC(=O)[C@@H]1[C@H]2C(=O)N([C@@H](CO)[C@@H](C)CC)C(C(=O)Nc3ccc(OC)cc3)C23CC[C@H]1S3. The number of rotatable bonds is 9. The van der Waals surface area contributed by atoms with Gasteiger partial charge in [0, 0.05) is 10.9 Å². The number of nitrogens with one attached hydrogen (secondary N) is 1. The van der Waals surface area contributed by atoms with E-state index in [0.29, 0.717) is 17.9 Å². The van der Waals surface area contributed by atoms with Gasteiger partial charge in [-0.05, 0) is 49.9 Å². The molecule has 0 radical (unpaired) electrons. The number of likely N-dealkylation sites (tertiary alicyclic amines) is 1. The first-order valence-electron chi connectivity index (χ1n) is 12.0. The van der Waals surface area contributed by atoms with E-state index in [1.54, 1.807) is 55.0 Å². The standard InChI is InChI=1S/C25H34N2O6S/c1-5-14(3)17(13-28)27-21(22(29)26-15-7-9-16(32-4)10-8-15)25-12-11-18(34-25)19(20(25)23(27)30)24(31)33-6-2/h7-10,14,17-21,28H,5-6,11-13H2,1-4H3,(H,26,29)/t14-,17-,18+,19-,20-,21?,25?/m0/s1. The topological polar surface area (TPSA) is 105 Å². The second kappa shape index (κ2) is 9.77. The van der Waals surface area contributed by atoms with Crippen molar-refractivity contribution in [2.24, 2.45) is 17.8 Å². The van der Waals surface area contributed by atoms with E-state index in [4.69, 9.17) is 9.47 Å². The molecule has 0 saturated carbocycles. The fourth-order valence-electron chi connectivity index (χ4n) is 5.95. The highest BCUT2D eigenvalue weighted by Crippen LogP contribution is 2.67. The number of hydrogen-bond donors (Lipinski definition) is 2. The smallest absolute Gasteiger partial charge is 0.310 e. The van der Waals surface area contributed by atoms with Gasteiger partial charge in [-0.2, -0.15) is 0 Å². The molecule has 1 aromatic carbocycles. The summed E-state index contributed by atoms with van der Waals surface area (Å²) in [4.78, 5) is 42.3. The van der Waals surface area contributed by atoms with Crippen molar-refractivity contribution in [2.75, 3.05) is 25.6 Å². The third-order valence-corrected chi connectivity index (χ3v) is 9.70. The molecule has 3 aliphatic rings. The molecule has 1 spiro atoms. The second-order valence-electron chi connectivity index (χ2n) is 9.41. The van der Waals surface area contributed by atoms with Crippen molar-refractivity contribution < 1.29 is 29.0 Å². The molecule has 2 amide bonds. The van der Waals surface area contributed by atoms with Gasteiger partial charge in [0.2, 0.25) is 11.8 Å². The highest BCUT2D eigenvalue weighted by molar-refractivity contribution is 8.02. The summed E-state index contributed by atoms with van der Waals surface area (Å²) >= 11 is 1.59. The summed E-state index contributed by atoms with van der Waals surface area (Å²) in [6, 6.07) is 5.74. The van der Waals surface area contributed by atoms with Crippen molar-refractivity contribution in [3.8, 4) is 5.75 Å². The minimum atomic E-state index is -0.785.